The van der Waals surface area contributed by atoms with Crippen LogP contribution in [0.5, 0.6) is 5.19 Å². The Morgan fingerprint density at radius 3 is 2.80 bits per heavy atom. The molecular weight excluding hydrogens is 396 g/mol. The number of nitrogens with one attached hydrogen (secondary N) is 2. The molecule has 0 saturated carbocycles. The van der Waals surface area contributed by atoms with Crippen molar-refractivity contribution in [2.24, 2.45) is 0 Å². The number of carbonyl (C=O) groups excluding carboxylic acids is 1. The summed E-state index contributed by atoms with van der Waals surface area (Å²) in [5, 5.41) is 12.7. The third kappa shape index (κ3) is 3.88. The second-order valence-electron chi connectivity index (χ2n) is 6.88. The van der Waals surface area contributed by atoms with E-state index in [-0.39, 0.29) is 12.3 Å². The van der Waals surface area contributed by atoms with E-state index in [4.69, 9.17) is 4.74 Å². The van der Waals surface area contributed by atoms with Gasteiger partial charge in [-0.15, -0.1) is 0 Å². The van der Waals surface area contributed by atoms with Crippen LogP contribution in [0.2, 0.25) is 0 Å². The SMILES string of the molecule is O=C(Cc1cccc2ccccc12)Nc1cc(COc2nc3ccccc3s2)[nH]n1. The summed E-state index contributed by atoms with van der Waals surface area (Å²) in [7, 11) is 0. The first kappa shape index (κ1) is 18.3. The van der Waals surface area contributed by atoms with Gasteiger partial charge in [0.1, 0.15) is 6.61 Å². The zero-order valence-electron chi connectivity index (χ0n) is 16.0. The lowest BCUT2D eigenvalue weighted by atomic mass is 10.0. The molecule has 0 radical (unpaired) electrons. The van der Waals surface area contributed by atoms with E-state index in [2.05, 4.69) is 20.5 Å². The smallest absolute Gasteiger partial charge is 0.274 e. The number of aromatic amines is 1. The number of para-hydroxylation sites is 1. The number of nitrogens with zero attached hydrogens (tertiary/aromatic N) is 2. The van der Waals surface area contributed by atoms with Gasteiger partial charge in [-0.25, -0.2) is 4.98 Å². The zero-order chi connectivity index (χ0) is 20.3. The van der Waals surface area contributed by atoms with Crippen molar-refractivity contribution in [3.05, 3.63) is 84.1 Å². The number of amides is 1. The van der Waals surface area contributed by atoms with Crippen molar-refractivity contribution >= 4 is 44.1 Å². The minimum atomic E-state index is -0.114. The Balaban J connectivity index is 1.21. The number of hydrogen-bond acceptors (Lipinski definition) is 5. The van der Waals surface area contributed by atoms with Gasteiger partial charge in [0.25, 0.3) is 5.19 Å². The van der Waals surface area contributed by atoms with Crippen LogP contribution in [-0.4, -0.2) is 21.1 Å². The maximum Gasteiger partial charge on any atom is 0.274 e. The maximum atomic E-state index is 12.5. The van der Waals surface area contributed by atoms with Crippen molar-refractivity contribution in [3.63, 3.8) is 0 Å². The molecule has 6 nitrogen and oxygen atoms in total. The average molecular weight is 414 g/mol. The topological polar surface area (TPSA) is 79.9 Å². The molecule has 1 amide bonds. The van der Waals surface area contributed by atoms with Gasteiger partial charge in [-0.2, -0.15) is 5.10 Å². The normalized spacial score (nSPS) is 11.1. The summed E-state index contributed by atoms with van der Waals surface area (Å²) >= 11 is 1.50. The molecule has 0 aliphatic rings. The molecule has 0 bridgehead atoms. The molecule has 0 saturated heterocycles. The number of ether oxygens (including phenoxy) is 1. The van der Waals surface area contributed by atoms with E-state index >= 15 is 0 Å². The van der Waals surface area contributed by atoms with E-state index in [0.29, 0.717) is 17.6 Å². The Labute approximate surface area is 176 Å². The molecule has 0 aliphatic heterocycles. The molecule has 30 heavy (non-hydrogen) atoms. The summed E-state index contributed by atoms with van der Waals surface area (Å²) in [4.78, 5) is 17.0. The second-order valence-corrected chi connectivity index (χ2v) is 7.87. The summed E-state index contributed by atoms with van der Waals surface area (Å²) in [5.74, 6) is 0.361. The number of anilines is 1. The number of benzene rings is 3. The molecule has 2 N–H and O–H groups in total. The molecule has 0 unspecified atom stereocenters. The van der Waals surface area contributed by atoms with Gasteiger partial charge in [-0.3, -0.25) is 9.89 Å². The fourth-order valence-corrected chi connectivity index (χ4v) is 4.17. The predicted octanol–water partition coefficient (Wildman–Crippen LogP) is 4.93. The van der Waals surface area contributed by atoms with Crippen LogP contribution in [0.15, 0.2) is 72.8 Å². The quantitative estimate of drug-likeness (QED) is 0.413. The lowest BCUT2D eigenvalue weighted by Gasteiger charge is -2.06. The first-order chi connectivity index (χ1) is 14.7. The van der Waals surface area contributed by atoms with E-state index < -0.39 is 0 Å². The van der Waals surface area contributed by atoms with E-state index in [9.17, 15) is 4.79 Å². The molecule has 148 valence electrons. The van der Waals surface area contributed by atoms with Crippen LogP contribution in [-0.2, 0) is 17.8 Å². The molecule has 7 heteroatoms. The molecule has 0 spiro atoms. The third-order valence-corrected chi connectivity index (χ3v) is 5.70. The van der Waals surface area contributed by atoms with Gasteiger partial charge in [-0.05, 0) is 28.5 Å². The number of hydrogen-bond donors (Lipinski definition) is 2. The van der Waals surface area contributed by atoms with Gasteiger partial charge in [0, 0.05) is 6.07 Å². The Hall–Kier alpha value is -3.71. The van der Waals surface area contributed by atoms with Gasteiger partial charge < -0.3 is 10.1 Å². The number of rotatable bonds is 6. The maximum absolute atomic E-state index is 12.5. The summed E-state index contributed by atoms with van der Waals surface area (Å²) in [6.07, 6.45) is 0.283. The van der Waals surface area contributed by atoms with Crippen molar-refractivity contribution in [2.45, 2.75) is 13.0 Å². The van der Waals surface area contributed by atoms with Crippen molar-refractivity contribution in [3.8, 4) is 5.19 Å². The number of aromatic nitrogens is 3. The predicted molar refractivity (Wildman–Crippen MR) is 119 cm³/mol. The fourth-order valence-electron chi connectivity index (χ4n) is 3.36. The molecule has 2 heterocycles. The van der Waals surface area contributed by atoms with Gasteiger partial charge >= 0.3 is 0 Å². The summed E-state index contributed by atoms with van der Waals surface area (Å²) in [6.45, 7) is 0.298. The van der Waals surface area contributed by atoms with Crippen molar-refractivity contribution < 1.29 is 9.53 Å². The van der Waals surface area contributed by atoms with Crippen molar-refractivity contribution in [2.75, 3.05) is 5.32 Å². The highest BCUT2D eigenvalue weighted by Gasteiger charge is 2.10. The van der Waals surface area contributed by atoms with Crippen LogP contribution in [0.4, 0.5) is 5.82 Å². The van der Waals surface area contributed by atoms with E-state index in [1.54, 1.807) is 6.07 Å². The highest BCUT2D eigenvalue weighted by Crippen LogP contribution is 2.28. The first-order valence-electron chi connectivity index (χ1n) is 9.54. The van der Waals surface area contributed by atoms with Crippen LogP contribution in [0.25, 0.3) is 21.0 Å². The van der Waals surface area contributed by atoms with Gasteiger partial charge in [-0.1, -0.05) is 65.9 Å². The molecule has 0 atom stereocenters. The van der Waals surface area contributed by atoms with Crippen molar-refractivity contribution in [1.29, 1.82) is 0 Å². The van der Waals surface area contributed by atoms with Crippen LogP contribution < -0.4 is 10.1 Å². The molecule has 3 aromatic carbocycles. The summed E-state index contributed by atoms with van der Waals surface area (Å²) in [5.41, 5.74) is 2.67. The molecule has 5 aromatic rings. The summed E-state index contributed by atoms with van der Waals surface area (Å²) < 4.78 is 6.84. The first-order valence-corrected chi connectivity index (χ1v) is 10.4. The number of H-pyrrole nitrogens is 1. The molecule has 0 fully saturated rings. The average Bonchev–Trinajstić information content (AvgIpc) is 3.38. The standard InChI is InChI=1S/C23H18N4O2S/c28-22(12-16-8-5-7-15-6-1-2-9-18(15)16)25-21-13-17(26-27-21)14-29-23-24-19-10-3-4-11-20(19)30-23/h1-11,13H,12,14H2,(H2,25,26,27,28). The molecular formula is C23H18N4O2S. The fraction of sp³-hybridized carbons (Fsp3) is 0.0870. The Morgan fingerprint density at radius 2 is 1.87 bits per heavy atom. The van der Waals surface area contributed by atoms with Crippen LogP contribution >= 0.6 is 11.3 Å². The monoisotopic (exact) mass is 414 g/mol. The van der Waals surface area contributed by atoms with E-state index in [0.717, 1.165) is 32.2 Å². The zero-order valence-corrected chi connectivity index (χ0v) is 16.8. The third-order valence-electron chi connectivity index (χ3n) is 4.75. The number of thiazole rings is 1. The van der Waals surface area contributed by atoms with Crippen LogP contribution in [0.1, 0.15) is 11.3 Å². The summed E-state index contributed by atoms with van der Waals surface area (Å²) in [6, 6.07) is 23.7. The van der Waals surface area contributed by atoms with Crippen molar-refractivity contribution in [1.82, 2.24) is 15.2 Å². The van der Waals surface area contributed by atoms with E-state index in [1.807, 2.05) is 66.7 Å². The van der Waals surface area contributed by atoms with Gasteiger partial charge in [0.2, 0.25) is 5.91 Å². The Bertz CT molecular complexity index is 1300. The lowest BCUT2D eigenvalue weighted by molar-refractivity contribution is -0.115. The Morgan fingerprint density at radius 1 is 1.03 bits per heavy atom. The van der Waals surface area contributed by atoms with E-state index in [1.165, 1.54) is 11.3 Å². The lowest BCUT2D eigenvalue weighted by Crippen LogP contribution is -2.14. The number of fused-ring (bicyclic) bond motifs is 2. The second kappa shape index (κ2) is 7.96. The van der Waals surface area contributed by atoms with Crippen LogP contribution in [0, 0.1) is 0 Å². The molecule has 5 rings (SSSR count). The van der Waals surface area contributed by atoms with Gasteiger partial charge in [0.05, 0.1) is 22.3 Å². The van der Waals surface area contributed by atoms with Crippen LogP contribution in [0.3, 0.4) is 0 Å². The number of carbonyl (C=O) groups is 1. The highest BCUT2D eigenvalue weighted by atomic mass is 32.1. The minimum Gasteiger partial charge on any atom is -0.464 e. The highest BCUT2D eigenvalue weighted by molar-refractivity contribution is 7.20. The largest absolute Gasteiger partial charge is 0.464 e. The van der Waals surface area contributed by atoms with Gasteiger partial charge in [0.15, 0.2) is 5.82 Å². The molecule has 2 aromatic heterocycles. The molecule has 0 aliphatic carbocycles. The Kier molecular flexibility index (Phi) is 4.86. The minimum absolute atomic E-state index is 0.114.